The zero-order chi connectivity index (χ0) is 60.3. The Hall–Kier alpha value is -7.82. The van der Waals surface area contributed by atoms with Crippen molar-refractivity contribution >= 4 is 90.0 Å². The van der Waals surface area contributed by atoms with Crippen LogP contribution in [0.2, 0.25) is 0 Å². The number of aromatic nitrogens is 1. The van der Waals surface area contributed by atoms with Gasteiger partial charge in [-0.3, -0.25) is 0 Å². The summed E-state index contributed by atoms with van der Waals surface area (Å²) in [6.45, 7) is 34.6. The van der Waals surface area contributed by atoms with E-state index in [4.69, 9.17) is 0 Å². The van der Waals surface area contributed by atoms with E-state index in [-0.39, 0.29) is 37.9 Å². The van der Waals surface area contributed by atoms with Crippen LogP contribution < -0.4 is 21.1 Å². The summed E-state index contributed by atoms with van der Waals surface area (Å²) in [5.74, 6) is 0. The quantitative estimate of drug-likeness (QED) is 0.167. The van der Waals surface area contributed by atoms with Crippen molar-refractivity contribution < 1.29 is 0 Å². The van der Waals surface area contributed by atoms with Crippen LogP contribution in [0.5, 0.6) is 0 Å². The highest BCUT2D eigenvalue weighted by Crippen LogP contribution is 2.56. The lowest BCUT2D eigenvalue weighted by molar-refractivity contribution is 0.332. The van der Waals surface area contributed by atoms with Crippen molar-refractivity contribution in [1.82, 2.24) is 4.57 Å². The molecule has 11 aromatic rings. The molecule has 10 aromatic carbocycles. The van der Waals surface area contributed by atoms with Crippen molar-refractivity contribution in [3.05, 3.63) is 214 Å². The fraction of sp³-hybridized carbons (Fsp3) is 0.325. The largest absolute Gasteiger partial charge is 0.355 e. The number of anilines is 5. The smallest absolute Gasteiger partial charge is 0.198 e. The summed E-state index contributed by atoms with van der Waals surface area (Å²) in [5, 5.41) is 11.9. The SMILES string of the molecule is CC1(C)CCC(C)(C)c2cc(Nc3cc4c(cc3-c3cc(N(c5ccc6c(c5)-c5ccccc5C6(C)C)c5ccc6ccccc6c5)c5c6c7ccccc7ccc6n6c5c3Bc3cc5c(cc3-6)C(C)(C)CCC5(C)C)C(C)(C)CCC4(C)C)ccc21. The van der Waals surface area contributed by atoms with E-state index in [9.17, 15) is 0 Å². The highest BCUT2D eigenvalue weighted by Gasteiger charge is 2.43. The molecule has 3 nitrogen and oxygen atoms in total. The molecule has 0 atom stereocenters. The fourth-order valence-electron chi connectivity index (χ4n) is 17.4. The van der Waals surface area contributed by atoms with Crippen molar-refractivity contribution in [2.45, 2.75) is 173 Å². The van der Waals surface area contributed by atoms with Gasteiger partial charge in [0.15, 0.2) is 7.28 Å². The van der Waals surface area contributed by atoms with Gasteiger partial charge < -0.3 is 14.8 Å². The molecule has 434 valence electrons. The minimum Gasteiger partial charge on any atom is -0.355 e. The second kappa shape index (κ2) is 18.2. The molecule has 1 aliphatic heterocycles. The molecule has 2 heterocycles. The molecule has 0 saturated carbocycles. The Morgan fingerprint density at radius 1 is 0.391 bits per heavy atom. The van der Waals surface area contributed by atoms with Crippen LogP contribution in [0, 0.1) is 0 Å². The van der Waals surface area contributed by atoms with Crippen molar-refractivity contribution in [3.63, 3.8) is 0 Å². The molecule has 0 bridgehead atoms. The predicted octanol–water partition coefficient (Wildman–Crippen LogP) is 21.0. The van der Waals surface area contributed by atoms with E-state index in [1.807, 2.05) is 0 Å². The molecule has 0 fully saturated rings. The van der Waals surface area contributed by atoms with Gasteiger partial charge in [0.2, 0.25) is 0 Å². The molecule has 0 unspecified atom stereocenters. The first kappa shape index (κ1) is 54.6. The third kappa shape index (κ3) is 8.00. The second-order valence-corrected chi connectivity index (χ2v) is 31.8. The third-order valence-corrected chi connectivity index (χ3v) is 23.1. The van der Waals surface area contributed by atoms with Gasteiger partial charge in [-0.15, -0.1) is 0 Å². The van der Waals surface area contributed by atoms with E-state index in [0.29, 0.717) is 0 Å². The molecule has 87 heavy (non-hydrogen) atoms. The molecular formula is C83H84BN3. The first-order chi connectivity index (χ1) is 41.3. The van der Waals surface area contributed by atoms with E-state index in [1.54, 1.807) is 0 Å². The van der Waals surface area contributed by atoms with Crippen LogP contribution in [-0.2, 0) is 37.9 Å². The number of hydrogen-bond donors (Lipinski definition) is 1. The molecule has 4 heteroatoms. The summed E-state index contributed by atoms with van der Waals surface area (Å²) < 4.78 is 2.75. The van der Waals surface area contributed by atoms with Crippen LogP contribution in [0.25, 0.3) is 71.3 Å². The fourth-order valence-corrected chi connectivity index (χ4v) is 17.4. The molecule has 5 aliphatic rings. The third-order valence-electron chi connectivity index (χ3n) is 23.1. The maximum absolute atomic E-state index is 4.32. The summed E-state index contributed by atoms with van der Waals surface area (Å²) in [6, 6.07) is 67.3. The zero-order valence-electron chi connectivity index (χ0n) is 54.0. The summed E-state index contributed by atoms with van der Waals surface area (Å²) >= 11 is 0. The van der Waals surface area contributed by atoms with Gasteiger partial charge in [0, 0.05) is 50.2 Å². The molecule has 0 saturated heterocycles. The van der Waals surface area contributed by atoms with Crippen molar-refractivity contribution in [3.8, 4) is 27.9 Å². The normalized spacial score (nSPS) is 18.9. The first-order valence-corrected chi connectivity index (χ1v) is 32.7. The van der Waals surface area contributed by atoms with Crippen LogP contribution in [0.4, 0.5) is 28.4 Å². The number of fused-ring (bicyclic) bond motifs is 14. The summed E-state index contributed by atoms with van der Waals surface area (Å²) in [5.41, 5.74) is 29.4. The molecule has 0 amide bonds. The highest BCUT2D eigenvalue weighted by atomic mass is 15.1. The van der Waals surface area contributed by atoms with Crippen molar-refractivity contribution in [2.75, 3.05) is 10.2 Å². The average Bonchev–Trinajstić information content (AvgIpc) is 1.59. The average molecular weight is 1130 g/mol. The van der Waals surface area contributed by atoms with Gasteiger partial charge in [-0.25, -0.2) is 0 Å². The number of hydrogen-bond acceptors (Lipinski definition) is 2. The van der Waals surface area contributed by atoms with E-state index >= 15 is 0 Å². The van der Waals surface area contributed by atoms with Crippen LogP contribution in [0.15, 0.2) is 170 Å². The van der Waals surface area contributed by atoms with E-state index < -0.39 is 0 Å². The maximum atomic E-state index is 4.32. The van der Waals surface area contributed by atoms with Crippen molar-refractivity contribution in [1.29, 1.82) is 0 Å². The topological polar surface area (TPSA) is 20.2 Å². The van der Waals surface area contributed by atoms with E-state index in [1.165, 1.54) is 157 Å². The van der Waals surface area contributed by atoms with E-state index in [2.05, 4.69) is 282 Å². The van der Waals surface area contributed by atoms with Gasteiger partial charge in [0.05, 0.1) is 16.7 Å². The lowest BCUT2D eigenvalue weighted by atomic mass is 9.55. The minimum absolute atomic E-state index is 0.00914. The summed E-state index contributed by atoms with van der Waals surface area (Å²) in [7, 11) is 0.813. The zero-order valence-corrected chi connectivity index (χ0v) is 54.0. The number of rotatable bonds is 6. The van der Waals surface area contributed by atoms with Gasteiger partial charge in [-0.1, -0.05) is 206 Å². The maximum Gasteiger partial charge on any atom is 0.198 e. The number of nitrogens with one attached hydrogen (secondary N) is 1. The standard InChI is InChI=1S/C83H84BN3/c1-77(2)35-36-78(3,4)63-42-52(29-32-62(63)77)85-69-47-66-64(79(5,6)37-39-81(66,9)10)44-58(69)59-45-72(86(53-30-27-49-21-15-16-23-51(49)41-53)54-31-33-61-57(43-54)56-25-19-20-26-60(56)83(61,13)14)74-73-55-24-18-17-22-50(55)28-34-70(73)87-71-48-67-65(46-68(71)84-75(59)76(74)87)80(7,8)38-40-82(67,11)12/h15-34,41-48,84-85H,35-40H2,1-14H3. The van der Waals surface area contributed by atoms with Gasteiger partial charge in [-0.2, -0.15) is 0 Å². The van der Waals surface area contributed by atoms with Gasteiger partial charge >= 0.3 is 0 Å². The Bertz CT molecular complexity index is 4800. The lowest BCUT2D eigenvalue weighted by Crippen LogP contribution is -2.41. The highest BCUT2D eigenvalue weighted by molar-refractivity contribution is 6.74. The van der Waals surface area contributed by atoms with E-state index in [0.717, 1.165) is 43.6 Å². The van der Waals surface area contributed by atoms with Crippen molar-refractivity contribution in [2.24, 2.45) is 0 Å². The molecule has 0 spiro atoms. The summed E-state index contributed by atoms with van der Waals surface area (Å²) in [4.78, 5) is 2.66. The molecule has 1 N–H and O–H groups in total. The van der Waals surface area contributed by atoms with Gasteiger partial charge in [0.25, 0.3) is 0 Å². The molecule has 4 aliphatic carbocycles. The monoisotopic (exact) mass is 1130 g/mol. The lowest BCUT2D eigenvalue weighted by Gasteiger charge is -2.43. The molecule has 1 aromatic heterocycles. The Morgan fingerprint density at radius 2 is 0.931 bits per heavy atom. The van der Waals surface area contributed by atoms with Gasteiger partial charge in [0.1, 0.15) is 0 Å². The Kier molecular flexibility index (Phi) is 11.4. The number of benzene rings is 10. The Labute approximate surface area is 517 Å². The predicted molar refractivity (Wildman–Crippen MR) is 375 cm³/mol. The number of nitrogens with zero attached hydrogens (tertiary/aromatic N) is 2. The Morgan fingerprint density at radius 3 is 1.64 bits per heavy atom. The Balaban J connectivity index is 1.08. The molecule has 0 radical (unpaired) electrons. The van der Waals surface area contributed by atoms with Crippen LogP contribution >= 0.6 is 0 Å². The first-order valence-electron chi connectivity index (χ1n) is 32.7. The van der Waals surface area contributed by atoms with Crippen LogP contribution in [0.1, 0.15) is 180 Å². The molecular weight excluding hydrogens is 1050 g/mol. The summed E-state index contributed by atoms with van der Waals surface area (Å²) in [6.07, 6.45) is 6.96. The minimum atomic E-state index is -0.137. The second-order valence-electron chi connectivity index (χ2n) is 31.8. The van der Waals surface area contributed by atoms with Gasteiger partial charge in [-0.05, 0) is 226 Å². The van der Waals surface area contributed by atoms with Crippen LogP contribution in [-0.4, -0.2) is 11.8 Å². The van der Waals surface area contributed by atoms with Crippen LogP contribution in [0.3, 0.4) is 0 Å². The molecule has 16 rings (SSSR count).